The first-order valence-corrected chi connectivity index (χ1v) is 6.88. The van der Waals surface area contributed by atoms with Gasteiger partial charge in [0.15, 0.2) is 0 Å². The van der Waals surface area contributed by atoms with E-state index in [1.54, 1.807) is 18.2 Å². The van der Waals surface area contributed by atoms with Gasteiger partial charge in [0.05, 0.1) is 6.54 Å². The summed E-state index contributed by atoms with van der Waals surface area (Å²) in [6.07, 6.45) is 0. The molecule has 106 valence electrons. The molecule has 1 aromatic carbocycles. The lowest BCUT2D eigenvalue weighted by Crippen LogP contribution is -2.54. The van der Waals surface area contributed by atoms with E-state index in [1.165, 1.54) is 12.1 Å². The second kappa shape index (κ2) is 5.97. The van der Waals surface area contributed by atoms with Crippen LogP contribution in [0.3, 0.4) is 0 Å². The quantitative estimate of drug-likeness (QED) is 0.903. The number of rotatable bonds is 4. The number of alkyl halides is 2. The maximum absolute atomic E-state index is 14.2. The second-order valence-electron chi connectivity index (χ2n) is 5.61. The van der Waals surface area contributed by atoms with E-state index in [0.29, 0.717) is 25.0 Å². The maximum Gasteiger partial charge on any atom is 0.285 e. The minimum absolute atomic E-state index is 0.106. The average Bonchev–Trinajstić information content (AvgIpc) is 2.39. The Kier molecular flexibility index (Phi) is 4.53. The van der Waals surface area contributed by atoms with Crippen molar-refractivity contribution < 1.29 is 8.78 Å². The van der Waals surface area contributed by atoms with Crippen LogP contribution in [-0.2, 0) is 5.92 Å². The molecule has 1 aliphatic rings. The first-order valence-electron chi connectivity index (χ1n) is 6.88. The zero-order valence-electron chi connectivity index (χ0n) is 11.6. The van der Waals surface area contributed by atoms with E-state index < -0.39 is 5.92 Å². The number of hydrogen-bond donors (Lipinski definition) is 1. The number of piperazine rings is 1. The van der Waals surface area contributed by atoms with Crippen molar-refractivity contribution in [3.63, 3.8) is 0 Å². The van der Waals surface area contributed by atoms with Gasteiger partial charge in [0, 0.05) is 31.2 Å². The Morgan fingerprint density at radius 1 is 1.32 bits per heavy atom. The van der Waals surface area contributed by atoms with Crippen LogP contribution in [0.5, 0.6) is 0 Å². The van der Waals surface area contributed by atoms with Crippen molar-refractivity contribution in [2.24, 2.45) is 5.92 Å². The van der Waals surface area contributed by atoms with Crippen LogP contribution in [0.2, 0.25) is 0 Å². The van der Waals surface area contributed by atoms with Crippen molar-refractivity contribution in [3.05, 3.63) is 35.9 Å². The molecule has 1 aromatic rings. The minimum atomic E-state index is -2.78. The lowest BCUT2D eigenvalue weighted by molar-refractivity contribution is -0.0447. The highest BCUT2D eigenvalue weighted by Gasteiger charge is 2.35. The molecule has 0 amide bonds. The molecule has 0 aromatic heterocycles. The van der Waals surface area contributed by atoms with Crippen LogP contribution in [0.15, 0.2) is 30.3 Å². The highest BCUT2D eigenvalue weighted by Crippen LogP contribution is 2.29. The summed E-state index contributed by atoms with van der Waals surface area (Å²) in [5, 5.41) is 3.39. The molecular formula is C15H22F2N2. The van der Waals surface area contributed by atoms with Crippen molar-refractivity contribution in [2.45, 2.75) is 25.8 Å². The Morgan fingerprint density at radius 3 is 2.63 bits per heavy atom. The first kappa shape index (κ1) is 14.4. The van der Waals surface area contributed by atoms with E-state index >= 15 is 0 Å². The molecule has 19 heavy (non-hydrogen) atoms. The topological polar surface area (TPSA) is 15.3 Å². The number of nitrogens with one attached hydrogen (secondary N) is 1. The lowest BCUT2D eigenvalue weighted by Gasteiger charge is -2.37. The molecule has 2 nitrogen and oxygen atoms in total. The number of hydrogen-bond acceptors (Lipinski definition) is 2. The van der Waals surface area contributed by atoms with Crippen molar-refractivity contribution in [2.75, 3.05) is 26.2 Å². The van der Waals surface area contributed by atoms with Crippen LogP contribution < -0.4 is 5.32 Å². The molecule has 1 unspecified atom stereocenters. The molecule has 1 aliphatic heterocycles. The highest BCUT2D eigenvalue weighted by molar-refractivity contribution is 5.20. The molecule has 1 heterocycles. The number of halogens is 2. The van der Waals surface area contributed by atoms with Gasteiger partial charge in [-0.25, -0.2) is 0 Å². The molecule has 1 N–H and O–H groups in total. The summed E-state index contributed by atoms with van der Waals surface area (Å²) in [7, 11) is 0. The van der Waals surface area contributed by atoms with E-state index in [4.69, 9.17) is 0 Å². The average molecular weight is 268 g/mol. The van der Waals surface area contributed by atoms with Crippen LogP contribution in [0.4, 0.5) is 8.78 Å². The maximum atomic E-state index is 14.2. The fourth-order valence-electron chi connectivity index (χ4n) is 2.49. The predicted octanol–water partition coefficient (Wildman–Crippen LogP) is 2.71. The van der Waals surface area contributed by atoms with Crippen LogP contribution >= 0.6 is 0 Å². The summed E-state index contributed by atoms with van der Waals surface area (Å²) in [6.45, 7) is 6.22. The largest absolute Gasteiger partial charge is 0.311 e. The zero-order chi connectivity index (χ0) is 13.9. The fourth-order valence-corrected chi connectivity index (χ4v) is 2.49. The van der Waals surface area contributed by atoms with E-state index in [2.05, 4.69) is 19.2 Å². The van der Waals surface area contributed by atoms with Gasteiger partial charge in [0.1, 0.15) is 0 Å². The Hall–Kier alpha value is -1.00. The van der Waals surface area contributed by atoms with Crippen molar-refractivity contribution in [1.29, 1.82) is 0 Å². The monoisotopic (exact) mass is 268 g/mol. The summed E-state index contributed by atoms with van der Waals surface area (Å²) in [4.78, 5) is 1.87. The highest BCUT2D eigenvalue weighted by atomic mass is 19.3. The minimum Gasteiger partial charge on any atom is -0.311 e. The van der Waals surface area contributed by atoms with Gasteiger partial charge in [-0.15, -0.1) is 0 Å². The van der Waals surface area contributed by atoms with Crippen LogP contribution in [0.25, 0.3) is 0 Å². The van der Waals surface area contributed by atoms with Gasteiger partial charge in [-0.1, -0.05) is 44.2 Å². The number of benzene rings is 1. The Bertz CT molecular complexity index is 392. The predicted molar refractivity (Wildman–Crippen MR) is 73.4 cm³/mol. The van der Waals surface area contributed by atoms with Crippen LogP contribution in [0, 0.1) is 5.92 Å². The summed E-state index contributed by atoms with van der Waals surface area (Å²) in [5.41, 5.74) is 0.106. The van der Waals surface area contributed by atoms with Crippen molar-refractivity contribution in [3.8, 4) is 0 Å². The summed E-state index contributed by atoms with van der Waals surface area (Å²) in [5.74, 6) is -2.31. The summed E-state index contributed by atoms with van der Waals surface area (Å²) >= 11 is 0. The molecule has 4 heteroatoms. The Labute approximate surface area is 113 Å². The third-order valence-corrected chi connectivity index (χ3v) is 3.71. The SMILES string of the molecule is CC(C)C1CN(CC(F)(F)c2ccccc2)CCN1. The van der Waals surface area contributed by atoms with Crippen LogP contribution in [0.1, 0.15) is 19.4 Å². The smallest absolute Gasteiger partial charge is 0.285 e. The van der Waals surface area contributed by atoms with Crippen LogP contribution in [-0.4, -0.2) is 37.1 Å². The van der Waals surface area contributed by atoms with Gasteiger partial charge in [-0.05, 0) is 5.92 Å². The van der Waals surface area contributed by atoms with E-state index in [0.717, 1.165) is 6.54 Å². The van der Waals surface area contributed by atoms with Gasteiger partial charge in [-0.2, -0.15) is 8.78 Å². The normalized spacial score (nSPS) is 21.8. The Morgan fingerprint density at radius 2 is 2.00 bits per heavy atom. The van der Waals surface area contributed by atoms with Gasteiger partial charge in [0.2, 0.25) is 0 Å². The van der Waals surface area contributed by atoms with E-state index in [9.17, 15) is 8.78 Å². The molecule has 0 radical (unpaired) electrons. The molecule has 1 atom stereocenters. The molecule has 2 rings (SSSR count). The third-order valence-electron chi connectivity index (χ3n) is 3.71. The fraction of sp³-hybridized carbons (Fsp3) is 0.600. The summed E-state index contributed by atoms with van der Waals surface area (Å²) in [6, 6.07) is 8.40. The van der Waals surface area contributed by atoms with Crippen molar-refractivity contribution >= 4 is 0 Å². The van der Waals surface area contributed by atoms with Gasteiger partial charge < -0.3 is 5.32 Å². The standard InChI is InChI=1S/C15H22F2N2/c1-12(2)14-10-19(9-8-18-14)11-15(16,17)13-6-4-3-5-7-13/h3-7,12,14,18H,8-11H2,1-2H3. The molecule has 1 saturated heterocycles. The summed E-state index contributed by atoms with van der Waals surface area (Å²) < 4.78 is 28.4. The number of nitrogens with zero attached hydrogens (tertiary/aromatic N) is 1. The van der Waals surface area contributed by atoms with E-state index in [1.807, 2.05) is 4.90 Å². The Balaban J connectivity index is 2.00. The van der Waals surface area contributed by atoms with Gasteiger partial charge >= 0.3 is 0 Å². The third kappa shape index (κ3) is 3.74. The molecule has 0 bridgehead atoms. The van der Waals surface area contributed by atoms with E-state index in [-0.39, 0.29) is 12.1 Å². The first-order chi connectivity index (χ1) is 8.99. The molecule has 0 aliphatic carbocycles. The second-order valence-corrected chi connectivity index (χ2v) is 5.61. The lowest BCUT2D eigenvalue weighted by atomic mass is 10.0. The molecule has 1 fully saturated rings. The zero-order valence-corrected chi connectivity index (χ0v) is 11.6. The van der Waals surface area contributed by atoms with Gasteiger partial charge in [-0.3, -0.25) is 4.90 Å². The van der Waals surface area contributed by atoms with Crippen molar-refractivity contribution in [1.82, 2.24) is 10.2 Å². The molecular weight excluding hydrogens is 246 g/mol. The molecule has 0 saturated carbocycles. The molecule has 0 spiro atoms. The van der Waals surface area contributed by atoms with Gasteiger partial charge in [0.25, 0.3) is 5.92 Å².